The minimum atomic E-state index is -2.97. The molecule has 16 heavy (non-hydrogen) atoms. The molecule has 1 unspecified atom stereocenters. The molecule has 6 heteroatoms. The highest BCUT2D eigenvalue weighted by Gasteiger charge is 2.11. The van der Waals surface area contributed by atoms with Crippen molar-refractivity contribution >= 4 is 43.8 Å². The van der Waals surface area contributed by atoms with E-state index in [1.807, 2.05) is 25.1 Å². The molecule has 0 aromatic heterocycles. The van der Waals surface area contributed by atoms with Crippen LogP contribution >= 0.6 is 22.6 Å². The maximum absolute atomic E-state index is 11.1. The van der Waals surface area contributed by atoms with Gasteiger partial charge in [-0.3, -0.25) is 0 Å². The molecule has 0 aliphatic rings. The summed E-state index contributed by atoms with van der Waals surface area (Å²) in [6.07, 6.45) is 1.22. The molecule has 0 spiro atoms. The summed E-state index contributed by atoms with van der Waals surface area (Å²) in [6, 6.07) is 5.47. The van der Waals surface area contributed by atoms with Crippen LogP contribution in [0.4, 0.5) is 11.4 Å². The summed E-state index contributed by atoms with van der Waals surface area (Å²) >= 11 is 2.17. The third kappa shape index (κ3) is 4.56. The van der Waals surface area contributed by atoms with E-state index in [0.29, 0.717) is 5.69 Å². The molecule has 1 aromatic carbocycles. The predicted octanol–water partition coefficient (Wildman–Crippen LogP) is 1.72. The summed E-state index contributed by atoms with van der Waals surface area (Å²) in [5.74, 6) is 0.0957. The van der Waals surface area contributed by atoms with Gasteiger partial charge in [0.05, 0.1) is 17.1 Å². The SMILES string of the molecule is CC(CS(C)(=O)=O)Nc1ccc(I)cc1N. The molecule has 0 amide bonds. The summed E-state index contributed by atoms with van der Waals surface area (Å²) in [7, 11) is -2.97. The lowest BCUT2D eigenvalue weighted by Gasteiger charge is -2.15. The van der Waals surface area contributed by atoms with Crippen LogP contribution in [-0.4, -0.2) is 26.5 Å². The summed E-state index contributed by atoms with van der Waals surface area (Å²) in [5, 5.41) is 3.09. The van der Waals surface area contributed by atoms with Gasteiger partial charge in [0, 0.05) is 15.9 Å². The fourth-order valence-electron chi connectivity index (χ4n) is 1.43. The number of halogens is 1. The first-order valence-electron chi connectivity index (χ1n) is 4.77. The van der Waals surface area contributed by atoms with Gasteiger partial charge in [-0.25, -0.2) is 8.42 Å². The van der Waals surface area contributed by atoms with Crippen LogP contribution in [0.25, 0.3) is 0 Å². The lowest BCUT2D eigenvalue weighted by molar-refractivity contribution is 0.598. The van der Waals surface area contributed by atoms with Crippen LogP contribution in [-0.2, 0) is 9.84 Å². The molecule has 0 saturated heterocycles. The molecular weight excluding hydrogens is 339 g/mol. The van der Waals surface area contributed by atoms with Crippen LogP contribution in [0.1, 0.15) is 6.92 Å². The third-order valence-electron chi connectivity index (χ3n) is 1.97. The molecule has 0 radical (unpaired) electrons. The van der Waals surface area contributed by atoms with Crippen molar-refractivity contribution in [1.82, 2.24) is 0 Å². The second kappa shape index (κ2) is 5.22. The van der Waals surface area contributed by atoms with Crippen LogP contribution < -0.4 is 11.1 Å². The Balaban J connectivity index is 2.73. The van der Waals surface area contributed by atoms with Crippen molar-refractivity contribution in [2.24, 2.45) is 0 Å². The zero-order valence-corrected chi connectivity index (χ0v) is 12.2. The van der Waals surface area contributed by atoms with Crippen molar-refractivity contribution in [3.8, 4) is 0 Å². The van der Waals surface area contributed by atoms with Gasteiger partial charge in [-0.1, -0.05) is 0 Å². The molecule has 1 aromatic rings. The highest BCUT2D eigenvalue weighted by Crippen LogP contribution is 2.21. The fourth-order valence-corrected chi connectivity index (χ4v) is 2.93. The minimum absolute atomic E-state index is 0.0957. The van der Waals surface area contributed by atoms with E-state index in [9.17, 15) is 8.42 Å². The maximum atomic E-state index is 11.1. The van der Waals surface area contributed by atoms with E-state index in [2.05, 4.69) is 27.9 Å². The zero-order valence-electron chi connectivity index (χ0n) is 9.20. The van der Waals surface area contributed by atoms with Gasteiger partial charge >= 0.3 is 0 Å². The Morgan fingerprint density at radius 3 is 2.62 bits per heavy atom. The van der Waals surface area contributed by atoms with E-state index in [1.165, 1.54) is 6.26 Å². The molecule has 90 valence electrons. The molecule has 0 saturated carbocycles. The molecule has 0 aliphatic heterocycles. The van der Waals surface area contributed by atoms with E-state index in [-0.39, 0.29) is 11.8 Å². The lowest BCUT2D eigenvalue weighted by atomic mass is 10.2. The topological polar surface area (TPSA) is 72.2 Å². The molecule has 0 fully saturated rings. The van der Waals surface area contributed by atoms with Gasteiger partial charge in [0.1, 0.15) is 9.84 Å². The monoisotopic (exact) mass is 354 g/mol. The van der Waals surface area contributed by atoms with E-state index in [1.54, 1.807) is 0 Å². The number of anilines is 2. The largest absolute Gasteiger partial charge is 0.397 e. The van der Waals surface area contributed by atoms with Gasteiger partial charge in [0.2, 0.25) is 0 Å². The second-order valence-electron chi connectivity index (χ2n) is 3.87. The molecular formula is C10H15IN2O2S. The number of benzene rings is 1. The summed E-state index contributed by atoms with van der Waals surface area (Å²) in [4.78, 5) is 0. The van der Waals surface area contributed by atoms with Crippen LogP contribution in [0.5, 0.6) is 0 Å². The molecule has 1 rings (SSSR count). The molecule has 0 aliphatic carbocycles. The van der Waals surface area contributed by atoms with Crippen molar-refractivity contribution < 1.29 is 8.42 Å². The van der Waals surface area contributed by atoms with E-state index < -0.39 is 9.84 Å². The van der Waals surface area contributed by atoms with Crippen LogP contribution in [0.2, 0.25) is 0 Å². The van der Waals surface area contributed by atoms with Crippen LogP contribution in [0, 0.1) is 3.57 Å². The molecule has 1 atom stereocenters. The first kappa shape index (κ1) is 13.6. The van der Waals surface area contributed by atoms with Gasteiger partial charge in [0.25, 0.3) is 0 Å². The summed E-state index contributed by atoms with van der Waals surface area (Å²) in [5.41, 5.74) is 7.22. The lowest BCUT2D eigenvalue weighted by Crippen LogP contribution is -2.25. The maximum Gasteiger partial charge on any atom is 0.149 e. The Bertz CT molecular complexity index is 474. The Morgan fingerprint density at radius 2 is 2.12 bits per heavy atom. The molecule has 0 heterocycles. The summed E-state index contributed by atoms with van der Waals surface area (Å²) in [6.45, 7) is 1.82. The van der Waals surface area contributed by atoms with Gasteiger partial charge < -0.3 is 11.1 Å². The van der Waals surface area contributed by atoms with Gasteiger partial charge in [-0.2, -0.15) is 0 Å². The van der Waals surface area contributed by atoms with Crippen molar-refractivity contribution in [3.05, 3.63) is 21.8 Å². The highest BCUT2D eigenvalue weighted by molar-refractivity contribution is 14.1. The van der Waals surface area contributed by atoms with E-state index in [4.69, 9.17) is 5.73 Å². The average molecular weight is 354 g/mol. The number of nitrogens with two attached hydrogens (primary N) is 1. The molecule has 0 bridgehead atoms. The third-order valence-corrected chi connectivity index (χ3v) is 3.74. The fraction of sp³-hybridized carbons (Fsp3) is 0.400. The first-order valence-corrected chi connectivity index (χ1v) is 7.91. The van der Waals surface area contributed by atoms with Crippen molar-refractivity contribution in [2.45, 2.75) is 13.0 Å². The Hall–Kier alpha value is -0.500. The average Bonchev–Trinajstić information content (AvgIpc) is 2.06. The standard InChI is InChI=1S/C10H15IN2O2S/c1-7(6-16(2,14)15)13-10-4-3-8(11)5-9(10)12/h3-5,7,13H,6,12H2,1-2H3. The highest BCUT2D eigenvalue weighted by atomic mass is 127. The molecule has 3 N–H and O–H groups in total. The molecule has 4 nitrogen and oxygen atoms in total. The predicted molar refractivity (Wildman–Crippen MR) is 76.4 cm³/mol. The Kier molecular flexibility index (Phi) is 4.43. The van der Waals surface area contributed by atoms with Crippen molar-refractivity contribution in [2.75, 3.05) is 23.1 Å². The zero-order chi connectivity index (χ0) is 12.3. The first-order chi connectivity index (χ1) is 7.28. The number of nitrogen functional groups attached to an aromatic ring is 1. The number of sulfone groups is 1. The Labute approximate surface area is 110 Å². The number of rotatable bonds is 4. The van der Waals surface area contributed by atoms with Crippen LogP contribution in [0.3, 0.4) is 0 Å². The van der Waals surface area contributed by atoms with E-state index in [0.717, 1.165) is 9.26 Å². The van der Waals surface area contributed by atoms with Gasteiger partial charge in [0.15, 0.2) is 0 Å². The number of nitrogens with one attached hydrogen (secondary N) is 1. The Morgan fingerprint density at radius 1 is 1.50 bits per heavy atom. The number of hydrogen-bond acceptors (Lipinski definition) is 4. The van der Waals surface area contributed by atoms with E-state index >= 15 is 0 Å². The second-order valence-corrected chi connectivity index (χ2v) is 7.30. The van der Waals surface area contributed by atoms with Crippen LogP contribution in [0.15, 0.2) is 18.2 Å². The normalized spacial score (nSPS) is 13.4. The summed E-state index contributed by atoms with van der Waals surface area (Å²) < 4.78 is 23.2. The smallest absolute Gasteiger partial charge is 0.149 e. The minimum Gasteiger partial charge on any atom is -0.397 e. The van der Waals surface area contributed by atoms with Gasteiger partial charge in [-0.05, 0) is 47.7 Å². The van der Waals surface area contributed by atoms with Gasteiger partial charge in [-0.15, -0.1) is 0 Å². The quantitative estimate of drug-likeness (QED) is 0.638. The number of hydrogen-bond donors (Lipinski definition) is 2. The van der Waals surface area contributed by atoms with Crippen molar-refractivity contribution in [3.63, 3.8) is 0 Å². The van der Waals surface area contributed by atoms with Crippen molar-refractivity contribution in [1.29, 1.82) is 0 Å².